The van der Waals surface area contributed by atoms with Gasteiger partial charge in [0.25, 0.3) is 0 Å². The van der Waals surface area contributed by atoms with Gasteiger partial charge in [-0.2, -0.15) is 0 Å². The molecule has 0 radical (unpaired) electrons. The Hall–Kier alpha value is -0.740. The van der Waals surface area contributed by atoms with Crippen molar-refractivity contribution >= 4 is 29.7 Å². The Labute approximate surface area is 172 Å². The molecule has 5 atom stereocenters. The van der Waals surface area contributed by atoms with Gasteiger partial charge in [0.05, 0.1) is 29.7 Å². The normalized spacial score (nSPS) is 32.6. The number of carbonyl (C=O) groups excluding carboxylic acids is 3. The van der Waals surface area contributed by atoms with Crippen molar-refractivity contribution in [2.45, 2.75) is 31.2 Å². The molecule has 0 bridgehead atoms. The average Bonchev–Trinajstić information content (AvgIpc) is 2.73. The second-order valence-electron chi connectivity index (χ2n) is 6.56. The minimum Gasteiger partial charge on any atom is -0.543 e. The summed E-state index contributed by atoms with van der Waals surface area (Å²) in [7, 11) is 1.67. The number of aliphatic hydroxyl groups excluding tert-OH is 1. The first-order valence-electron chi connectivity index (χ1n) is 7.86. The number of hydrogen-bond acceptors (Lipinski definition) is 6. The van der Waals surface area contributed by atoms with Gasteiger partial charge in [0.1, 0.15) is 0 Å². The molecule has 3 heterocycles. The van der Waals surface area contributed by atoms with Gasteiger partial charge >= 0.3 is 35.6 Å². The van der Waals surface area contributed by atoms with E-state index in [-0.39, 0.29) is 64.4 Å². The van der Waals surface area contributed by atoms with Crippen molar-refractivity contribution in [2.75, 3.05) is 20.1 Å². The molecule has 3 aliphatic heterocycles. The summed E-state index contributed by atoms with van der Waals surface area (Å²) in [6.45, 7) is 4.33. The van der Waals surface area contributed by atoms with Gasteiger partial charge in [0.15, 0.2) is 0 Å². The summed E-state index contributed by atoms with van der Waals surface area (Å²) >= 11 is 1.37. The van der Waals surface area contributed by atoms with Crippen LogP contribution in [0.2, 0.25) is 0 Å². The molecule has 1 unspecified atom stereocenters. The molecule has 132 valence electrons. The monoisotopic (exact) mass is 377 g/mol. The number of urea groups is 1. The molecule has 2 fully saturated rings. The van der Waals surface area contributed by atoms with E-state index in [9.17, 15) is 24.6 Å². The predicted molar refractivity (Wildman–Crippen MR) is 84.4 cm³/mol. The first-order chi connectivity index (χ1) is 11.2. The number of β-lactam (4-membered cyclic amide) rings is 1. The summed E-state index contributed by atoms with van der Waals surface area (Å²) in [6, 6.07) is -0.502. The van der Waals surface area contributed by atoms with Crippen LogP contribution in [-0.2, 0) is 9.59 Å². The number of aliphatic carboxylic acids is 1. The van der Waals surface area contributed by atoms with E-state index in [4.69, 9.17) is 0 Å². The molecule has 3 rings (SSSR count). The third-order valence-electron chi connectivity index (χ3n) is 4.90. The summed E-state index contributed by atoms with van der Waals surface area (Å²) in [5, 5.41) is 24.2. The zero-order valence-electron chi connectivity index (χ0n) is 14.7. The van der Waals surface area contributed by atoms with Crippen LogP contribution in [0.25, 0.3) is 0 Å². The minimum atomic E-state index is -1.38. The summed E-state index contributed by atoms with van der Waals surface area (Å²) in [5.41, 5.74) is -0.0843. The SMILES string of the molecule is C[C@@H](O)[C@H]1C(=O)N2C(C(=O)[O-])=C(SC3CNC(=O)N(C)C3)[C@H](C)[C@H]12.[Na+]. The second-order valence-corrected chi connectivity index (χ2v) is 7.90. The molecule has 0 spiro atoms. The second kappa shape index (κ2) is 7.48. The molecular weight excluding hydrogens is 357 g/mol. The Morgan fingerprint density at radius 1 is 1.44 bits per heavy atom. The summed E-state index contributed by atoms with van der Waals surface area (Å²) in [5.74, 6) is -2.52. The number of carboxylic acid groups (broad SMARTS) is 1. The van der Waals surface area contributed by atoms with Gasteiger partial charge in [-0.3, -0.25) is 4.79 Å². The fourth-order valence-corrected chi connectivity index (χ4v) is 5.19. The van der Waals surface area contributed by atoms with Crippen molar-refractivity contribution in [1.82, 2.24) is 15.1 Å². The van der Waals surface area contributed by atoms with Crippen LogP contribution in [0.5, 0.6) is 0 Å². The number of thioether (sulfide) groups is 1. The molecule has 0 saturated carbocycles. The third kappa shape index (κ3) is 3.32. The van der Waals surface area contributed by atoms with Crippen LogP contribution in [0, 0.1) is 11.8 Å². The van der Waals surface area contributed by atoms with Crippen LogP contribution in [0.15, 0.2) is 10.6 Å². The predicted octanol–water partition coefficient (Wildman–Crippen LogP) is -4.43. The molecular formula is C15H20N3NaO5S. The first-order valence-corrected chi connectivity index (χ1v) is 8.74. The van der Waals surface area contributed by atoms with Gasteiger partial charge in [0, 0.05) is 36.2 Å². The molecule has 3 amide bonds. The van der Waals surface area contributed by atoms with Crippen molar-refractivity contribution in [2.24, 2.45) is 11.8 Å². The van der Waals surface area contributed by atoms with Crippen LogP contribution in [-0.4, -0.2) is 70.3 Å². The van der Waals surface area contributed by atoms with Crippen molar-refractivity contribution in [3.8, 4) is 0 Å². The molecule has 0 aromatic carbocycles. The number of amides is 3. The minimum absolute atomic E-state index is 0. The quantitative estimate of drug-likeness (QED) is 0.378. The Balaban J connectivity index is 0.00000225. The number of carboxylic acids is 1. The zero-order valence-corrected chi connectivity index (χ0v) is 17.5. The van der Waals surface area contributed by atoms with Gasteiger partial charge in [-0.25, -0.2) is 4.79 Å². The molecule has 0 aromatic heterocycles. The number of fused-ring (bicyclic) bond motifs is 1. The van der Waals surface area contributed by atoms with E-state index < -0.39 is 18.0 Å². The zero-order chi connectivity index (χ0) is 17.8. The van der Waals surface area contributed by atoms with Crippen LogP contribution in [0.4, 0.5) is 4.79 Å². The Morgan fingerprint density at radius 2 is 2.08 bits per heavy atom. The number of hydrogen-bond donors (Lipinski definition) is 2. The smallest absolute Gasteiger partial charge is 0.543 e. The van der Waals surface area contributed by atoms with Crippen LogP contribution in [0.3, 0.4) is 0 Å². The van der Waals surface area contributed by atoms with Crippen molar-refractivity contribution in [3.05, 3.63) is 10.6 Å². The maximum atomic E-state index is 12.2. The molecule has 25 heavy (non-hydrogen) atoms. The Kier molecular flexibility index (Phi) is 6.15. The summed E-state index contributed by atoms with van der Waals surface area (Å²) in [4.78, 5) is 38.7. The number of aliphatic hydroxyl groups is 1. The largest absolute Gasteiger partial charge is 1.00 e. The third-order valence-corrected chi connectivity index (χ3v) is 6.37. The van der Waals surface area contributed by atoms with Crippen LogP contribution >= 0.6 is 11.8 Å². The van der Waals surface area contributed by atoms with Gasteiger partial charge < -0.3 is 30.1 Å². The van der Waals surface area contributed by atoms with E-state index in [1.54, 1.807) is 18.9 Å². The Morgan fingerprint density at radius 3 is 2.60 bits per heavy atom. The van der Waals surface area contributed by atoms with Crippen LogP contribution < -0.4 is 40.0 Å². The Bertz CT molecular complexity index is 641. The van der Waals surface area contributed by atoms with E-state index in [0.717, 1.165) is 0 Å². The molecule has 0 aromatic rings. The van der Waals surface area contributed by atoms with Crippen molar-refractivity contribution in [3.63, 3.8) is 0 Å². The number of nitrogens with one attached hydrogen (secondary N) is 1. The average molecular weight is 377 g/mol. The molecule has 8 nitrogen and oxygen atoms in total. The van der Waals surface area contributed by atoms with Crippen molar-refractivity contribution < 1.29 is 54.2 Å². The van der Waals surface area contributed by atoms with E-state index in [2.05, 4.69) is 5.32 Å². The maximum Gasteiger partial charge on any atom is 1.00 e. The van der Waals surface area contributed by atoms with Gasteiger partial charge in [-0.05, 0) is 6.92 Å². The first kappa shape index (κ1) is 20.6. The molecule has 0 aliphatic carbocycles. The van der Waals surface area contributed by atoms with E-state index in [1.165, 1.54) is 16.7 Å². The number of nitrogens with zero attached hydrogens (tertiary/aromatic N) is 2. The molecule has 2 saturated heterocycles. The fraction of sp³-hybridized carbons (Fsp3) is 0.667. The number of carbonyl (C=O) groups is 3. The standard InChI is InChI=1S/C15H21N3O5S.Na/c1-6-10-9(7(2)19)13(20)18(10)11(14(21)22)12(6)24-8-4-16-15(23)17(3)5-8;/h6-10,19H,4-5H2,1-3H3,(H,16,23)(H,21,22);/q;+1/p-1/t6-,7-,8?,9-,10-;/m1./s1. The summed E-state index contributed by atoms with van der Waals surface area (Å²) in [6.07, 6.45) is -0.825. The summed E-state index contributed by atoms with van der Waals surface area (Å²) < 4.78 is 0. The molecule has 10 heteroatoms. The van der Waals surface area contributed by atoms with E-state index >= 15 is 0 Å². The van der Waals surface area contributed by atoms with E-state index in [0.29, 0.717) is 18.0 Å². The molecule has 3 aliphatic rings. The van der Waals surface area contributed by atoms with Gasteiger partial charge in [-0.15, -0.1) is 11.8 Å². The molecule has 2 N–H and O–H groups in total. The topological polar surface area (TPSA) is 113 Å². The van der Waals surface area contributed by atoms with E-state index in [1.807, 2.05) is 6.92 Å². The fourth-order valence-electron chi connectivity index (χ4n) is 3.72. The maximum absolute atomic E-state index is 12.2. The van der Waals surface area contributed by atoms with Gasteiger partial charge in [-0.1, -0.05) is 6.92 Å². The number of rotatable bonds is 4. The van der Waals surface area contributed by atoms with Gasteiger partial charge in [0.2, 0.25) is 5.91 Å². The van der Waals surface area contributed by atoms with Crippen LogP contribution in [0.1, 0.15) is 13.8 Å². The van der Waals surface area contributed by atoms with Crippen molar-refractivity contribution in [1.29, 1.82) is 0 Å².